The lowest BCUT2D eigenvalue weighted by Crippen LogP contribution is -2.14. The Morgan fingerprint density at radius 3 is 2.50 bits per heavy atom. The fraction of sp³-hybridized carbons (Fsp3) is 0.333. The minimum Gasteiger partial charge on any atom is -0.405 e. The van der Waals surface area contributed by atoms with Gasteiger partial charge in [-0.2, -0.15) is 0 Å². The van der Waals surface area contributed by atoms with Gasteiger partial charge in [-0.05, 0) is 134 Å². The Morgan fingerprint density at radius 2 is 1.82 bits per heavy atom. The summed E-state index contributed by atoms with van der Waals surface area (Å²) in [5.41, 5.74) is 15.5. The van der Waals surface area contributed by atoms with E-state index in [9.17, 15) is 0 Å². The molecule has 1 aliphatic carbocycles. The third-order valence-corrected chi connectivity index (χ3v) is 8.11. The molecule has 2 N–H and O–H groups in total. The van der Waals surface area contributed by atoms with Gasteiger partial charge in [-0.15, -0.1) is 0 Å². The van der Waals surface area contributed by atoms with Crippen LogP contribution in [0.15, 0.2) is 49.2 Å². The van der Waals surface area contributed by atoms with Crippen molar-refractivity contribution in [3.05, 3.63) is 82.6 Å². The van der Waals surface area contributed by atoms with Crippen molar-refractivity contribution in [2.24, 2.45) is 11.7 Å². The van der Waals surface area contributed by atoms with Gasteiger partial charge < -0.3 is 5.73 Å². The zero-order chi connectivity index (χ0) is 24.1. The Hall–Kier alpha value is -3.06. The van der Waals surface area contributed by atoms with Crippen LogP contribution in [0.3, 0.4) is 0 Å². The summed E-state index contributed by atoms with van der Waals surface area (Å²) in [7, 11) is 0. The fourth-order valence-electron chi connectivity index (χ4n) is 6.30. The Balaban J connectivity index is 2.00. The second kappa shape index (κ2) is 8.62. The molecular formula is C33H37N. The summed E-state index contributed by atoms with van der Waals surface area (Å²) in [5, 5.41) is 8.19. The topological polar surface area (TPSA) is 26.0 Å². The second-order valence-electron chi connectivity index (χ2n) is 10.4. The highest BCUT2D eigenvalue weighted by Crippen LogP contribution is 2.46. The third-order valence-electron chi connectivity index (χ3n) is 8.11. The highest BCUT2D eigenvalue weighted by atomic mass is 14.5. The van der Waals surface area contributed by atoms with Crippen molar-refractivity contribution in [1.82, 2.24) is 0 Å². The molecule has 0 aliphatic heterocycles. The molecule has 0 heterocycles. The van der Waals surface area contributed by atoms with E-state index in [-0.39, 0.29) is 0 Å². The van der Waals surface area contributed by atoms with Crippen LogP contribution in [0.5, 0.6) is 0 Å². The number of hydrogen-bond acceptors (Lipinski definition) is 1. The van der Waals surface area contributed by atoms with E-state index < -0.39 is 0 Å². The van der Waals surface area contributed by atoms with E-state index in [1.807, 2.05) is 0 Å². The fourth-order valence-corrected chi connectivity index (χ4v) is 6.30. The van der Waals surface area contributed by atoms with Gasteiger partial charge in [0.2, 0.25) is 0 Å². The van der Waals surface area contributed by atoms with Gasteiger partial charge in [0.05, 0.1) is 0 Å². The SMILES string of the molecule is C=C1c2c(cc3c(c(C)cc4c5ccc(CC)cc5cc(C(C)C)c34)c2/C=C\N)CCC1CC. The minimum absolute atomic E-state index is 0.437. The van der Waals surface area contributed by atoms with Crippen molar-refractivity contribution in [2.75, 3.05) is 0 Å². The van der Waals surface area contributed by atoms with E-state index in [0.29, 0.717) is 11.8 Å². The van der Waals surface area contributed by atoms with Gasteiger partial charge in [0, 0.05) is 0 Å². The quantitative estimate of drug-likeness (QED) is 0.310. The minimum atomic E-state index is 0.437. The highest BCUT2D eigenvalue weighted by molar-refractivity contribution is 6.21. The Bertz CT molecular complexity index is 1480. The molecule has 0 saturated carbocycles. The maximum atomic E-state index is 6.03. The van der Waals surface area contributed by atoms with Crippen LogP contribution in [0, 0.1) is 12.8 Å². The van der Waals surface area contributed by atoms with Gasteiger partial charge in [-0.25, -0.2) is 0 Å². The molecule has 1 aliphatic rings. The standard InChI is InChI=1S/C33H37N/c1-7-22-9-12-26-25(16-22)18-28(19(3)4)33-29(26)15-20(5)31-27(13-14-34)32-21(6)23(8-2)10-11-24(32)17-30(31)33/h9,12-19,23H,6-8,10-11,34H2,1-5H3/b14-13-. The summed E-state index contributed by atoms with van der Waals surface area (Å²) in [6.07, 6.45) is 8.31. The van der Waals surface area contributed by atoms with Crippen LogP contribution in [0.2, 0.25) is 0 Å². The van der Waals surface area contributed by atoms with Crippen LogP contribution in [0.4, 0.5) is 0 Å². The van der Waals surface area contributed by atoms with Gasteiger partial charge >= 0.3 is 0 Å². The zero-order valence-electron chi connectivity index (χ0n) is 21.4. The van der Waals surface area contributed by atoms with Gasteiger partial charge in [-0.3, -0.25) is 0 Å². The molecule has 1 unspecified atom stereocenters. The van der Waals surface area contributed by atoms with Gasteiger partial charge in [0.15, 0.2) is 0 Å². The summed E-state index contributed by atoms with van der Waals surface area (Å²) in [5.74, 6) is 0.991. The van der Waals surface area contributed by atoms with Crippen LogP contribution >= 0.6 is 0 Å². The highest BCUT2D eigenvalue weighted by Gasteiger charge is 2.26. The van der Waals surface area contributed by atoms with Crippen molar-refractivity contribution < 1.29 is 0 Å². The van der Waals surface area contributed by atoms with Gasteiger partial charge in [0.25, 0.3) is 0 Å². The number of aryl methyl sites for hydroxylation is 3. The number of fused-ring (bicyclic) bond motifs is 6. The first-order valence-corrected chi connectivity index (χ1v) is 12.9. The molecule has 1 heteroatoms. The van der Waals surface area contributed by atoms with Crippen molar-refractivity contribution in [3.8, 4) is 0 Å². The molecule has 0 aromatic heterocycles. The molecule has 1 nitrogen and oxygen atoms in total. The summed E-state index contributed by atoms with van der Waals surface area (Å²) in [6, 6.07) is 14.4. The predicted molar refractivity (Wildman–Crippen MR) is 152 cm³/mol. The van der Waals surface area contributed by atoms with Crippen molar-refractivity contribution >= 4 is 44.0 Å². The Labute approximate surface area is 204 Å². The number of benzene rings is 4. The normalized spacial score (nSPS) is 16.4. The average Bonchev–Trinajstić information content (AvgIpc) is 2.83. The van der Waals surface area contributed by atoms with E-state index >= 15 is 0 Å². The summed E-state index contributed by atoms with van der Waals surface area (Å²) >= 11 is 0. The molecule has 0 bridgehead atoms. The molecule has 0 spiro atoms. The largest absolute Gasteiger partial charge is 0.405 e. The first-order chi connectivity index (χ1) is 16.4. The average molecular weight is 448 g/mol. The van der Waals surface area contributed by atoms with E-state index in [0.717, 1.165) is 19.3 Å². The smallest absolute Gasteiger partial charge is 0.00559 e. The zero-order valence-corrected chi connectivity index (χ0v) is 21.4. The van der Waals surface area contributed by atoms with Gasteiger partial charge in [0.1, 0.15) is 0 Å². The molecular weight excluding hydrogens is 410 g/mol. The second-order valence-corrected chi connectivity index (χ2v) is 10.4. The van der Waals surface area contributed by atoms with Crippen LogP contribution in [0.25, 0.3) is 44.0 Å². The van der Waals surface area contributed by atoms with Crippen LogP contribution < -0.4 is 5.73 Å². The van der Waals surface area contributed by atoms with Crippen LogP contribution in [0.1, 0.15) is 79.8 Å². The maximum Gasteiger partial charge on any atom is -0.00559 e. The molecule has 0 saturated heterocycles. The van der Waals surface area contributed by atoms with Crippen LogP contribution in [-0.4, -0.2) is 0 Å². The first-order valence-electron chi connectivity index (χ1n) is 12.9. The molecule has 34 heavy (non-hydrogen) atoms. The number of rotatable bonds is 4. The predicted octanol–water partition coefficient (Wildman–Crippen LogP) is 9.06. The van der Waals surface area contributed by atoms with Crippen LogP contribution in [-0.2, 0) is 12.8 Å². The van der Waals surface area contributed by atoms with E-state index in [4.69, 9.17) is 5.73 Å². The molecule has 0 fully saturated rings. The summed E-state index contributed by atoms with van der Waals surface area (Å²) < 4.78 is 0. The lowest BCUT2D eigenvalue weighted by molar-refractivity contribution is 0.573. The summed E-state index contributed by atoms with van der Waals surface area (Å²) in [6.45, 7) is 16.0. The molecule has 1 atom stereocenters. The molecule has 4 aromatic rings. The molecule has 4 aromatic carbocycles. The summed E-state index contributed by atoms with van der Waals surface area (Å²) in [4.78, 5) is 0. The maximum absolute atomic E-state index is 6.03. The third kappa shape index (κ3) is 3.36. The lowest BCUT2D eigenvalue weighted by atomic mass is 9.74. The lowest BCUT2D eigenvalue weighted by Gasteiger charge is -2.30. The van der Waals surface area contributed by atoms with E-state index in [1.165, 1.54) is 77.7 Å². The molecule has 174 valence electrons. The number of nitrogens with two attached hydrogens (primary N) is 1. The number of hydrogen-bond donors (Lipinski definition) is 1. The molecule has 5 rings (SSSR count). The Morgan fingerprint density at radius 1 is 1.03 bits per heavy atom. The van der Waals surface area contributed by atoms with Crippen molar-refractivity contribution in [1.29, 1.82) is 0 Å². The Kier molecular flexibility index (Phi) is 5.76. The van der Waals surface area contributed by atoms with E-state index in [1.54, 1.807) is 6.20 Å². The molecule has 0 amide bonds. The first kappa shape index (κ1) is 22.7. The van der Waals surface area contributed by atoms with Crippen molar-refractivity contribution in [3.63, 3.8) is 0 Å². The molecule has 0 radical (unpaired) electrons. The van der Waals surface area contributed by atoms with E-state index in [2.05, 4.69) is 83.7 Å². The number of allylic oxidation sites excluding steroid dienone is 1. The van der Waals surface area contributed by atoms with Crippen molar-refractivity contribution in [2.45, 2.75) is 66.2 Å². The monoisotopic (exact) mass is 447 g/mol. The van der Waals surface area contributed by atoms with Gasteiger partial charge in [-0.1, -0.05) is 64.6 Å².